The summed E-state index contributed by atoms with van der Waals surface area (Å²) in [6, 6.07) is 8.00. The van der Waals surface area contributed by atoms with Crippen LogP contribution in [0.15, 0.2) is 41.0 Å². The van der Waals surface area contributed by atoms with E-state index >= 15 is 0 Å². The predicted octanol–water partition coefficient (Wildman–Crippen LogP) is 2.71. The van der Waals surface area contributed by atoms with Crippen LogP contribution in [-0.4, -0.2) is 37.7 Å². The summed E-state index contributed by atoms with van der Waals surface area (Å²) in [6.45, 7) is 1.59. The van der Waals surface area contributed by atoms with Crippen LogP contribution in [0.4, 0.5) is 9.18 Å². The maximum Gasteiger partial charge on any atom is 0.317 e. The molecule has 0 aliphatic carbocycles. The minimum absolute atomic E-state index is 0.180. The second kappa shape index (κ2) is 7.35. The highest BCUT2D eigenvalue weighted by molar-refractivity contribution is 5.74. The molecule has 0 bridgehead atoms. The van der Waals surface area contributed by atoms with Gasteiger partial charge in [0.25, 0.3) is 0 Å². The fraction of sp³-hybridized carbons (Fsp3) is 0.353. The fourth-order valence-electron chi connectivity index (χ4n) is 2.59. The van der Waals surface area contributed by atoms with E-state index in [-0.39, 0.29) is 24.4 Å². The molecule has 1 aromatic heterocycles. The van der Waals surface area contributed by atoms with Gasteiger partial charge in [0.1, 0.15) is 11.9 Å². The zero-order valence-electron chi connectivity index (χ0n) is 13.3. The molecule has 0 radical (unpaired) electrons. The third-order valence-electron chi connectivity index (χ3n) is 3.87. The van der Waals surface area contributed by atoms with Gasteiger partial charge in [-0.15, -0.1) is 0 Å². The molecule has 1 saturated heterocycles. The minimum Gasteiger partial charge on any atom is -0.494 e. The molecule has 1 fully saturated rings. The lowest BCUT2D eigenvalue weighted by atomic mass is 10.2. The van der Waals surface area contributed by atoms with E-state index in [0.29, 0.717) is 31.0 Å². The van der Waals surface area contributed by atoms with Gasteiger partial charge in [-0.1, -0.05) is 6.07 Å². The molecule has 0 unspecified atom stereocenters. The van der Waals surface area contributed by atoms with E-state index in [1.165, 1.54) is 13.2 Å². The van der Waals surface area contributed by atoms with Gasteiger partial charge in [-0.25, -0.2) is 9.18 Å². The van der Waals surface area contributed by atoms with E-state index < -0.39 is 5.82 Å². The number of halogens is 1. The van der Waals surface area contributed by atoms with Crippen molar-refractivity contribution in [3.8, 4) is 5.75 Å². The third kappa shape index (κ3) is 3.68. The lowest BCUT2D eigenvalue weighted by Gasteiger charge is -2.32. The number of hydrogen-bond donors (Lipinski definition) is 1. The summed E-state index contributed by atoms with van der Waals surface area (Å²) in [5.74, 6) is 0.428. The summed E-state index contributed by atoms with van der Waals surface area (Å²) in [5, 5.41) is 2.79. The van der Waals surface area contributed by atoms with Gasteiger partial charge in [-0.3, -0.25) is 0 Å². The van der Waals surface area contributed by atoms with Gasteiger partial charge in [0.2, 0.25) is 0 Å². The van der Waals surface area contributed by atoms with Crippen molar-refractivity contribution >= 4 is 6.03 Å². The molecule has 3 rings (SSSR count). The molecule has 2 heterocycles. The van der Waals surface area contributed by atoms with Gasteiger partial charge in [0, 0.05) is 13.1 Å². The summed E-state index contributed by atoms with van der Waals surface area (Å²) in [4.78, 5) is 14.0. The van der Waals surface area contributed by atoms with E-state index in [1.54, 1.807) is 29.4 Å². The van der Waals surface area contributed by atoms with Crippen LogP contribution in [0.5, 0.6) is 5.75 Å². The standard InChI is InChI=1S/C17H19FN2O4/c1-22-14-5-4-12(9-13(14)18)10-19-17(21)20-6-8-24-16(11-20)15-3-2-7-23-15/h2-5,7,9,16H,6,8,10-11H2,1H3,(H,19,21)/t16-/m1/s1. The molecule has 6 nitrogen and oxygen atoms in total. The Kier molecular flexibility index (Phi) is 5.00. The quantitative estimate of drug-likeness (QED) is 0.934. The third-order valence-corrected chi connectivity index (χ3v) is 3.87. The molecule has 1 aromatic carbocycles. The lowest BCUT2D eigenvalue weighted by molar-refractivity contribution is -0.0260. The average Bonchev–Trinajstić information content (AvgIpc) is 3.14. The highest BCUT2D eigenvalue weighted by Gasteiger charge is 2.26. The highest BCUT2D eigenvalue weighted by Crippen LogP contribution is 2.22. The van der Waals surface area contributed by atoms with Crippen LogP contribution in [0, 0.1) is 5.82 Å². The van der Waals surface area contributed by atoms with Crippen molar-refractivity contribution in [2.45, 2.75) is 12.6 Å². The van der Waals surface area contributed by atoms with Crippen LogP contribution >= 0.6 is 0 Å². The summed E-state index contributed by atoms with van der Waals surface area (Å²) in [7, 11) is 1.41. The molecule has 0 spiro atoms. The van der Waals surface area contributed by atoms with Crippen molar-refractivity contribution in [2.24, 2.45) is 0 Å². The Balaban J connectivity index is 1.55. The van der Waals surface area contributed by atoms with Gasteiger partial charge in [0.15, 0.2) is 11.6 Å². The summed E-state index contributed by atoms with van der Waals surface area (Å²) >= 11 is 0. The Labute approximate surface area is 139 Å². The number of carbonyl (C=O) groups is 1. The molecule has 1 atom stereocenters. The SMILES string of the molecule is COc1ccc(CNC(=O)N2CCO[C@@H](c3ccco3)C2)cc1F. The Morgan fingerprint density at radius 3 is 3.04 bits per heavy atom. The summed E-state index contributed by atoms with van der Waals surface area (Å²) in [6.07, 6.45) is 1.31. The number of nitrogens with zero attached hydrogens (tertiary/aromatic N) is 1. The first-order chi connectivity index (χ1) is 11.7. The van der Waals surface area contributed by atoms with Crippen LogP contribution in [0.2, 0.25) is 0 Å². The number of carbonyl (C=O) groups excluding carboxylic acids is 1. The Hall–Kier alpha value is -2.54. The van der Waals surface area contributed by atoms with Crippen molar-refractivity contribution in [3.63, 3.8) is 0 Å². The number of urea groups is 1. The second-order valence-corrected chi connectivity index (χ2v) is 5.45. The molecule has 24 heavy (non-hydrogen) atoms. The fourth-order valence-corrected chi connectivity index (χ4v) is 2.59. The van der Waals surface area contributed by atoms with Gasteiger partial charge in [-0.2, -0.15) is 0 Å². The van der Waals surface area contributed by atoms with Gasteiger partial charge < -0.3 is 24.1 Å². The van der Waals surface area contributed by atoms with Crippen molar-refractivity contribution in [2.75, 3.05) is 26.8 Å². The van der Waals surface area contributed by atoms with Crippen molar-refractivity contribution in [1.29, 1.82) is 0 Å². The zero-order chi connectivity index (χ0) is 16.9. The number of ether oxygens (including phenoxy) is 2. The number of furan rings is 1. The molecule has 2 aromatic rings. The monoisotopic (exact) mass is 334 g/mol. The molecule has 128 valence electrons. The van der Waals surface area contributed by atoms with Gasteiger partial charge in [-0.05, 0) is 29.8 Å². The lowest BCUT2D eigenvalue weighted by Crippen LogP contribution is -2.46. The van der Waals surface area contributed by atoms with E-state index in [4.69, 9.17) is 13.9 Å². The topological polar surface area (TPSA) is 63.9 Å². The van der Waals surface area contributed by atoms with E-state index in [9.17, 15) is 9.18 Å². The summed E-state index contributed by atoms with van der Waals surface area (Å²) < 4.78 is 29.5. The first kappa shape index (κ1) is 16.3. The molecular weight excluding hydrogens is 315 g/mol. The van der Waals surface area contributed by atoms with Crippen LogP contribution < -0.4 is 10.1 Å². The molecule has 1 N–H and O–H groups in total. The average molecular weight is 334 g/mol. The molecule has 2 amide bonds. The van der Waals surface area contributed by atoms with Crippen LogP contribution in [0.25, 0.3) is 0 Å². The number of hydrogen-bond acceptors (Lipinski definition) is 4. The number of rotatable bonds is 4. The Morgan fingerprint density at radius 2 is 2.33 bits per heavy atom. The van der Waals surface area contributed by atoms with E-state index in [1.807, 2.05) is 6.07 Å². The number of methoxy groups -OCH3 is 1. The number of amides is 2. The molecule has 0 saturated carbocycles. The van der Waals surface area contributed by atoms with E-state index in [0.717, 1.165) is 0 Å². The molecule has 1 aliphatic rings. The molecular formula is C17H19FN2O4. The number of morpholine rings is 1. The maximum absolute atomic E-state index is 13.7. The number of nitrogens with one attached hydrogen (secondary N) is 1. The van der Waals surface area contributed by atoms with Crippen molar-refractivity contribution in [3.05, 3.63) is 53.7 Å². The predicted molar refractivity (Wildman–Crippen MR) is 84.2 cm³/mol. The Morgan fingerprint density at radius 1 is 1.46 bits per heavy atom. The first-order valence-electron chi connectivity index (χ1n) is 7.67. The van der Waals surface area contributed by atoms with Gasteiger partial charge >= 0.3 is 6.03 Å². The Bertz CT molecular complexity index is 690. The van der Waals surface area contributed by atoms with Crippen LogP contribution in [0.3, 0.4) is 0 Å². The van der Waals surface area contributed by atoms with Crippen molar-refractivity contribution < 1.29 is 23.1 Å². The first-order valence-corrected chi connectivity index (χ1v) is 7.67. The molecule has 7 heteroatoms. The highest BCUT2D eigenvalue weighted by atomic mass is 19.1. The largest absolute Gasteiger partial charge is 0.494 e. The second-order valence-electron chi connectivity index (χ2n) is 5.45. The minimum atomic E-state index is -0.450. The smallest absolute Gasteiger partial charge is 0.317 e. The van der Waals surface area contributed by atoms with Gasteiger partial charge in [0.05, 0.1) is 26.5 Å². The van der Waals surface area contributed by atoms with Crippen LogP contribution in [0.1, 0.15) is 17.4 Å². The van der Waals surface area contributed by atoms with E-state index in [2.05, 4.69) is 5.32 Å². The van der Waals surface area contributed by atoms with Crippen LogP contribution in [-0.2, 0) is 11.3 Å². The normalized spacial score (nSPS) is 17.6. The molecule has 1 aliphatic heterocycles. The maximum atomic E-state index is 13.7. The summed E-state index contributed by atoms with van der Waals surface area (Å²) in [5.41, 5.74) is 0.664. The number of benzene rings is 1. The zero-order valence-corrected chi connectivity index (χ0v) is 13.3. The van der Waals surface area contributed by atoms with Crippen molar-refractivity contribution in [1.82, 2.24) is 10.2 Å².